The van der Waals surface area contributed by atoms with Gasteiger partial charge in [-0.25, -0.2) is 4.39 Å². The summed E-state index contributed by atoms with van der Waals surface area (Å²) in [5.41, 5.74) is 1.71. The van der Waals surface area contributed by atoms with Gasteiger partial charge in [-0.05, 0) is 42.7 Å². The van der Waals surface area contributed by atoms with Crippen molar-refractivity contribution in [3.8, 4) is 5.75 Å². The first-order chi connectivity index (χ1) is 14.1. The highest BCUT2D eigenvalue weighted by molar-refractivity contribution is 8.26. The average molecular weight is 428 g/mol. The molecule has 1 heterocycles. The van der Waals surface area contributed by atoms with E-state index in [1.807, 2.05) is 35.2 Å². The second-order valence-electron chi connectivity index (χ2n) is 7.30. The average Bonchev–Trinajstić information content (AvgIpc) is 3.02. The summed E-state index contributed by atoms with van der Waals surface area (Å²) in [4.78, 5) is 15.5. The van der Waals surface area contributed by atoms with Gasteiger partial charge in [0.2, 0.25) is 0 Å². The number of thiocarbonyl (C=S) groups is 1. The molecule has 0 radical (unpaired) electrons. The quantitative estimate of drug-likeness (QED) is 0.436. The van der Waals surface area contributed by atoms with E-state index < -0.39 is 0 Å². The van der Waals surface area contributed by atoms with Crippen molar-refractivity contribution >= 4 is 40.3 Å². The molecule has 2 aliphatic rings. The summed E-state index contributed by atoms with van der Waals surface area (Å²) in [7, 11) is 0. The highest BCUT2D eigenvalue weighted by Crippen LogP contribution is 2.38. The van der Waals surface area contributed by atoms with Crippen molar-refractivity contribution in [1.82, 2.24) is 4.90 Å². The summed E-state index contributed by atoms with van der Waals surface area (Å²) < 4.78 is 19.7. The first-order valence-corrected chi connectivity index (χ1v) is 11.1. The first kappa shape index (κ1) is 20.1. The number of carbonyl (C=O) groups is 1. The second-order valence-corrected chi connectivity index (χ2v) is 8.97. The summed E-state index contributed by atoms with van der Waals surface area (Å²) in [6.45, 7) is 0.328. The third kappa shape index (κ3) is 4.70. The molecule has 1 aliphatic carbocycles. The molecule has 0 bridgehead atoms. The number of rotatable bonds is 5. The third-order valence-electron chi connectivity index (χ3n) is 5.28. The summed E-state index contributed by atoms with van der Waals surface area (Å²) in [6, 6.07) is 14.1. The number of halogens is 1. The summed E-state index contributed by atoms with van der Waals surface area (Å²) in [5, 5.41) is 0. The fraction of sp³-hybridized carbons (Fsp3) is 0.304. The molecular weight excluding hydrogens is 405 g/mol. The topological polar surface area (TPSA) is 29.5 Å². The Balaban J connectivity index is 1.51. The van der Waals surface area contributed by atoms with Crippen LogP contribution in [0.25, 0.3) is 6.08 Å². The SMILES string of the molecule is O=C1/C(=C\c2ccccc2OCc2ccc(F)cc2)SC(=S)N1C1CCCCC1. The monoisotopic (exact) mass is 427 g/mol. The standard InChI is InChI=1S/C23H22FNO2S2/c24-18-12-10-16(11-13-18)15-27-20-9-5-4-6-17(20)14-21-22(26)25(23(28)29-21)19-7-2-1-3-8-19/h4-6,9-14,19H,1-3,7-8,15H2/b21-14+. The highest BCUT2D eigenvalue weighted by atomic mass is 32.2. The molecule has 6 heteroatoms. The van der Waals surface area contributed by atoms with E-state index in [9.17, 15) is 9.18 Å². The van der Waals surface area contributed by atoms with Crippen LogP contribution in [0.15, 0.2) is 53.4 Å². The summed E-state index contributed by atoms with van der Waals surface area (Å²) in [6.07, 6.45) is 7.46. The van der Waals surface area contributed by atoms with Gasteiger partial charge in [-0.1, -0.05) is 73.6 Å². The van der Waals surface area contributed by atoms with Gasteiger partial charge in [0.15, 0.2) is 0 Å². The minimum Gasteiger partial charge on any atom is -0.488 e. The number of ether oxygens (including phenoxy) is 1. The smallest absolute Gasteiger partial charge is 0.266 e. The number of amides is 1. The van der Waals surface area contributed by atoms with Crippen LogP contribution < -0.4 is 4.74 Å². The molecule has 2 aromatic carbocycles. The molecule has 4 rings (SSSR count). The molecule has 0 unspecified atom stereocenters. The zero-order valence-electron chi connectivity index (χ0n) is 16.0. The van der Waals surface area contributed by atoms with Gasteiger partial charge in [-0.3, -0.25) is 9.69 Å². The maximum atomic E-state index is 13.1. The zero-order chi connectivity index (χ0) is 20.2. The molecule has 3 nitrogen and oxygen atoms in total. The minimum absolute atomic E-state index is 0.000220. The lowest BCUT2D eigenvalue weighted by molar-refractivity contribution is -0.124. The Bertz CT molecular complexity index is 936. The molecule has 0 atom stereocenters. The Labute approximate surface area is 179 Å². The molecule has 0 N–H and O–H groups in total. The Morgan fingerprint density at radius 2 is 1.83 bits per heavy atom. The molecule has 2 fully saturated rings. The predicted octanol–water partition coefficient (Wildman–Crippen LogP) is 5.94. The molecule has 150 valence electrons. The van der Waals surface area contributed by atoms with Gasteiger partial charge >= 0.3 is 0 Å². The third-order valence-corrected chi connectivity index (χ3v) is 6.61. The largest absolute Gasteiger partial charge is 0.488 e. The molecule has 1 saturated carbocycles. The van der Waals surface area contributed by atoms with Crippen LogP contribution in [0, 0.1) is 5.82 Å². The highest BCUT2D eigenvalue weighted by Gasteiger charge is 2.37. The maximum absolute atomic E-state index is 13.1. The van der Waals surface area contributed by atoms with Crippen molar-refractivity contribution in [1.29, 1.82) is 0 Å². The number of para-hydroxylation sites is 1. The van der Waals surface area contributed by atoms with Crippen molar-refractivity contribution in [2.24, 2.45) is 0 Å². The van der Waals surface area contributed by atoms with Gasteiger partial charge in [-0.2, -0.15) is 0 Å². The Morgan fingerprint density at radius 1 is 1.10 bits per heavy atom. The lowest BCUT2D eigenvalue weighted by atomic mass is 9.94. The second kappa shape index (κ2) is 9.09. The lowest BCUT2D eigenvalue weighted by Gasteiger charge is -2.29. The van der Waals surface area contributed by atoms with Gasteiger partial charge in [0.1, 0.15) is 22.5 Å². The Kier molecular flexibility index (Phi) is 6.31. The van der Waals surface area contributed by atoms with E-state index in [1.54, 1.807) is 12.1 Å². The van der Waals surface area contributed by atoms with Crippen LogP contribution in [-0.4, -0.2) is 21.2 Å². The molecule has 2 aromatic rings. The normalized spacial score (nSPS) is 19.2. The summed E-state index contributed by atoms with van der Waals surface area (Å²) >= 11 is 6.88. The van der Waals surface area contributed by atoms with E-state index in [4.69, 9.17) is 17.0 Å². The fourth-order valence-electron chi connectivity index (χ4n) is 3.75. The van der Waals surface area contributed by atoms with Gasteiger partial charge in [0.25, 0.3) is 5.91 Å². The molecule has 0 spiro atoms. The predicted molar refractivity (Wildman–Crippen MR) is 119 cm³/mol. The van der Waals surface area contributed by atoms with Crippen LogP contribution >= 0.6 is 24.0 Å². The maximum Gasteiger partial charge on any atom is 0.266 e. The van der Waals surface area contributed by atoms with E-state index >= 15 is 0 Å². The number of thioether (sulfide) groups is 1. The van der Waals surface area contributed by atoms with E-state index in [1.165, 1.54) is 30.3 Å². The molecule has 0 aromatic heterocycles. The van der Waals surface area contributed by atoms with Crippen LogP contribution in [0.4, 0.5) is 4.39 Å². The van der Waals surface area contributed by atoms with Gasteiger partial charge in [0.05, 0.1) is 4.91 Å². The van der Waals surface area contributed by atoms with Gasteiger partial charge in [0, 0.05) is 11.6 Å². The van der Waals surface area contributed by atoms with Crippen LogP contribution in [0.5, 0.6) is 5.75 Å². The molecular formula is C23H22FNO2S2. The Hall–Kier alpha value is -2.18. The van der Waals surface area contributed by atoms with Crippen LogP contribution in [0.2, 0.25) is 0 Å². The number of benzene rings is 2. The van der Waals surface area contributed by atoms with E-state index in [0.717, 1.165) is 36.8 Å². The Morgan fingerprint density at radius 3 is 2.59 bits per heavy atom. The van der Waals surface area contributed by atoms with Crippen molar-refractivity contribution in [2.75, 3.05) is 0 Å². The van der Waals surface area contributed by atoms with E-state index in [-0.39, 0.29) is 17.8 Å². The van der Waals surface area contributed by atoms with Gasteiger partial charge in [-0.15, -0.1) is 0 Å². The van der Waals surface area contributed by atoms with Crippen LogP contribution in [0.1, 0.15) is 43.2 Å². The first-order valence-electron chi connectivity index (χ1n) is 9.85. The van der Waals surface area contributed by atoms with E-state index in [2.05, 4.69) is 0 Å². The zero-order valence-corrected chi connectivity index (χ0v) is 17.6. The summed E-state index contributed by atoms with van der Waals surface area (Å²) in [5.74, 6) is 0.411. The molecule has 1 aliphatic heterocycles. The minimum atomic E-state index is -0.269. The molecule has 1 amide bonds. The van der Waals surface area contributed by atoms with Gasteiger partial charge < -0.3 is 4.74 Å². The molecule has 1 saturated heterocycles. The van der Waals surface area contributed by atoms with Crippen molar-refractivity contribution in [3.63, 3.8) is 0 Å². The number of hydrogen-bond acceptors (Lipinski definition) is 4. The number of carbonyl (C=O) groups excluding carboxylic acids is 1. The van der Waals surface area contributed by atoms with Crippen LogP contribution in [-0.2, 0) is 11.4 Å². The molecule has 29 heavy (non-hydrogen) atoms. The van der Waals surface area contributed by atoms with Crippen molar-refractivity contribution in [3.05, 3.63) is 70.4 Å². The lowest BCUT2D eigenvalue weighted by Crippen LogP contribution is -2.39. The number of hydrogen-bond donors (Lipinski definition) is 0. The van der Waals surface area contributed by atoms with E-state index in [0.29, 0.717) is 21.6 Å². The number of nitrogens with zero attached hydrogens (tertiary/aromatic N) is 1. The van der Waals surface area contributed by atoms with Crippen molar-refractivity contribution in [2.45, 2.75) is 44.8 Å². The fourth-order valence-corrected chi connectivity index (χ4v) is 5.14. The van der Waals surface area contributed by atoms with Crippen molar-refractivity contribution < 1.29 is 13.9 Å². The van der Waals surface area contributed by atoms with Crippen LogP contribution in [0.3, 0.4) is 0 Å².